The highest BCUT2D eigenvalue weighted by atomic mass is 79.9. The molecule has 4 rings (SSSR count). The molecule has 2 heterocycles. The smallest absolute Gasteiger partial charge is 0.264 e. The maximum atomic E-state index is 13.4. The molecule has 0 saturated carbocycles. The molecule has 0 aromatic heterocycles. The van der Waals surface area contributed by atoms with E-state index >= 15 is 0 Å². The Balaban J connectivity index is 2.09. The van der Waals surface area contributed by atoms with Gasteiger partial charge in [0.2, 0.25) is 5.88 Å². The van der Waals surface area contributed by atoms with Gasteiger partial charge >= 0.3 is 0 Å². The molecule has 8 heteroatoms. The Bertz CT molecular complexity index is 1180. The summed E-state index contributed by atoms with van der Waals surface area (Å²) < 4.78 is 34.4. The van der Waals surface area contributed by atoms with Crippen LogP contribution in [0.5, 0.6) is 0 Å². The number of hydrogen-bond donors (Lipinski definition) is 1. The Morgan fingerprint density at radius 3 is 2.67 bits per heavy atom. The van der Waals surface area contributed by atoms with E-state index in [1.54, 1.807) is 42.5 Å². The summed E-state index contributed by atoms with van der Waals surface area (Å²) in [4.78, 5) is 0.0209. The van der Waals surface area contributed by atoms with Crippen LogP contribution < -0.4 is 10.0 Å². The number of rotatable bonds is 1. The molecular formula is C19H14BrN3O3S. The van der Waals surface area contributed by atoms with E-state index in [1.807, 2.05) is 12.1 Å². The molecular weight excluding hydrogens is 430 g/mol. The molecule has 27 heavy (non-hydrogen) atoms. The van der Waals surface area contributed by atoms with Crippen LogP contribution in [0, 0.1) is 11.3 Å². The molecule has 2 aromatic rings. The average Bonchev–Trinajstić information content (AvgIpc) is 2.65. The van der Waals surface area contributed by atoms with Gasteiger partial charge in [0.1, 0.15) is 16.5 Å². The zero-order valence-electron chi connectivity index (χ0n) is 14.2. The lowest BCUT2D eigenvalue weighted by Crippen LogP contribution is -2.37. The monoisotopic (exact) mass is 443 g/mol. The third kappa shape index (κ3) is 2.54. The summed E-state index contributed by atoms with van der Waals surface area (Å²) in [5.41, 5.74) is 7.84. The predicted molar refractivity (Wildman–Crippen MR) is 105 cm³/mol. The fourth-order valence-corrected chi connectivity index (χ4v) is 5.48. The molecule has 0 aliphatic carbocycles. The molecule has 1 unspecified atom stereocenters. The van der Waals surface area contributed by atoms with Gasteiger partial charge in [-0.2, -0.15) is 5.26 Å². The van der Waals surface area contributed by atoms with E-state index in [1.165, 1.54) is 11.4 Å². The first-order chi connectivity index (χ1) is 12.9. The Kier molecular flexibility index (Phi) is 4.02. The van der Waals surface area contributed by atoms with Crippen LogP contribution in [-0.2, 0) is 14.8 Å². The number of hydrogen-bond acceptors (Lipinski definition) is 5. The number of nitriles is 1. The lowest BCUT2D eigenvalue weighted by atomic mass is 9.88. The minimum atomic E-state index is -3.92. The van der Waals surface area contributed by atoms with Crippen molar-refractivity contribution in [2.45, 2.75) is 5.92 Å². The van der Waals surface area contributed by atoms with Gasteiger partial charge in [0.25, 0.3) is 10.0 Å². The van der Waals surface area contributed by atoms with Gasteiger partial charge in [0, 0.05) is 17.1 Å². The fraction of sp³-hybridized carbons (Fsp3) is 0.105. The first kappa shape index (κ1) is 17.6. The maximum Gasteiger partial charge on any atom is 0.264 e. The molecule has 0 radical (unpaired) electrons. The summed E-state index contributed by atoms with van der Waals surface area (Å²) in [6.45, 7) is 0. The van der Waals surface area contributed by atoms with Crippen LogP contribution >= 0.6 is 15.9 Å². The second-order valence-electron chi connectivity index (χ2n) is 6.16. The zero-order chi connectivity index (χ0) is 19.3. The second kappa shape index (κ2) is 6.15. The van der Waals surface area contributed by atoms with Gasteiger partial charge in [-0.3, -0.25) is 4.31 Å². The quantitative estimate of drug-likeness (QED) is 0.728. The van der Waals surface area contributed by atoms with Crippen LogP contribution in [0.1, 0.15) is 17.0 Å². The predicted octanol–water partition coefficient (Wildman–Crippen LogP) is 3.41. The van der Waals surface area contributed by atoms with Crippen LogP contribution in [0.2, 0.25) is 0 Å². The molecule has 0 bridgehead atoms. The van der Waals surface area contributed by atoms with Gasteiger partial charge in [0.05, 0.1) is 11.6 Å². The van der Waals surface area contributed by atoms with Crippen LogP contribution in [0.3, 0.4) is 0 Å². The number of benzene rings is 2. The van der Waals surface area contributed by atoms with Gasteiger partial charge in [-0.25, -0.2) is 8.42 Å². The largest absolute Gasteiger partial charge is 0.439 e. The summed E-state index contributed by atoms with van der Waals surface area (Å²) in [7, 11) is -2.43. The topological polar surface area (TPSA) is 96.4 Å². The SMILES string of the molecule is CN1c2ccccc2C2=C(C(c3cccc(Br)c3)C(C#N)=C(N)O2)S1(=O)=O. The van der Waals surface area contributed by atoms with Crippen molar-refractivity contribution in [3.8, 4) is 6.07 Å². The molecule has 2 aliphatic heterocycles. The number of para-hydroxylation sites is 1. The van der Waals surface area contributed by atoms with Crippen molar-refractivity contribution in [3.05, 3.63) is 80.5 Å². The van der Waals surface area contributed by atoms with E-state index in [9.17, 15) is 13.7 Å². The van der Waals surface area contributed by atoms with E-state index in [0.717, 1.165) is 4.47 Å². The molecule has 2 aliphatic rings. The number of nitrogens with zero attached hydrogens (tertiary/aromatic N) is 2. The Hall–Kier alpha value is -2.76. The molecule has 0 saturated heterocycles. The van der Waals surface area contributed by atoms with Crippen molar-refractivity contribution in [1.29, 1.82) is 5.26 Å². The number of halogens is 1. The van der Waals surface area contributed by atoms with E-state index in [2.05, 4.69) is 15.9 Å². The number of sulfonamides is 1. The molecule has 136 valence electrons. The van der Waals surface area contributed by atoms with Gasteiger partial charge in [-0.05, 0) is 29.8 Å². The standard InChI is InChI=1S/C19H14BrN3O3S/c1-23-15-8-3-2-7-13(15)17-18(27(23,24)25)16(14(10-21)19(22)26-17)11-5-4-6-12(20)9-11/h2-9,16H,22H2,1H3. The number of allylic oxidation sites excluding steroid dienone is 2. The van der Waals surface area contributed by atoms with E-state index < -0.39 is 15.9 Å². The van der Waals surface area contributed by atoms with Crippen LogP contribution in [-0.4, -0.2) is 15.5 Å². The Morgan fingerprint density at radius 1 is 1.22 bits per heavy atom. The summed E-state index contributed by atoms with van der Waals surface area (Å²) in [5, 5.41) is 9.67. The first-order valence-corrected chi connectivity index (χ1v) is 10.2. The molecule has 6 nitrogen and oxygen atoms in total. The van der Waals surface area contributed by atoms with Gasteiger partial charge < -0.3 is 10.5 Å². The van der Waals surface area contributed by atoms with Crippen molar-refractivity contribution in [2.24, 2.45) is 5.73 Å². The lowest BCUT2D eigenvalue weighted by molar-refractivity contribution is 0.357. The summed E-state index contributed by atoms with van der Waals surface area (Å²) >= 11 is 3.40. The maximum absolute atomic E-state index is 13.4. The average molecular weight is 444 g/mol. The van der Waals surface area contributed by atoms with Gasteiger partial charge in [-0.15, -0.1) is 0 Å². The van der Waals surface area contributed by atoms with Crippen molar-refractivity contribution in [1.82, 2.24) is 0 Å². The highest BCUT2D eigenvalue weighted by Gasteiger charge is 2.46. The molecule has 2 aromatic carbocycles. The normalized spacial score (nSPS) is 20.5. The highest BCUT2D eigenvalue weighted by Crippen LogP contribution is 2.50. The van der Waals surface area contributed by atoms with Crippen LogP contribution in [0.15, 0.2) is 69.4 Å². The van der Waals surface area contributed by atoms with Crippen molar-refractivity contribution < 1.29 is 13.2 Å². The van der Waals surface area contributed by atoms with Crippen molar-refractivity contribution in [2.75, 3.05) is 11.4 Å². The van der Waals surface area contributed by atoms with Gasteiger partial charge in [-0.1, -0.05) is 40.2 Å². The van der Waals surface area contributed by atoms with Crippen LogP contribution in [0.25, 0.3) is 5.76 Å². The fourth-order valence-electron chi connectivity index (χ4n) is 3.41. The summed E-state index contributed by atoms with van der Waals surface area (Å²) in [5.74, 6) is -0.766. The zero-order valence-corrected chi connectivity index (χ0v) is 16.6. The summed E-state index contributed by atoms with van der Waals surface area (Å²) in [6.07, 6.45) is 0. The van der Waals surface area contributed by atoms with E-state index in [-0.39, 0.29) is 22.1 Å². The Labute approximate surface area is 165 Å². The number of nitrogens with two attached hydrogens (primary N) is 1. The molecule has 0 spiro atoms. The van der Waals surface area contributed by atoms with Crippen molar-refractivity contribution >= 4 is 37.4 Å². The van der Waals surface area contributed by atoms with E-state index in [0.29, 0.717) is 16.8 Å². The highest BCUT2D eigenvalue weighted by molar-refractivity contribution is 9.10. The van der Waals surface area contributed by atoms with Gasteiger partial charge in [0.15, 0.2) is 5.76 Å². The molecule has 0 amide bonds. The number of anilines is 1. The number of ether oxygens (including phenoxy) is 1. The van der Waals surface area contributed by atoms with Crippen molar-refractivity contribution in [3.63, 3.8) is 0 Å². The lowest BCUT2D eigenvalue weighted by Gasteiger charge is -2.36. The molecule has 1 atom stereocenters. The second-order valence-corrected chi connectivity index (χ2v) is 9.02. The molecule has 2 N–H and O–H groups in total. The summed E-state index contributed by atoms with van der Waals surface area (Å²) in [6, 6.07) is 16.2. The molecule has 0 fully saturated rings. The minimum Gasteiger partial charge on any atom is -0.439 e. The third-order valence-electron chi connectivity index (χ3n) is 4.68. The number of fused-ring (bicyclic) bond motifs is 2. The van der Waals surface area contributed by atoms with Crippen LogP contribution in [0.4, 0.5) is 5.69 Å². The Morgan fingerprint density at radius 2 is 1.96 bits per heavy atom. The van der Waals surface area contributed by atoms with E-state index in [4.69, 9.17) is 10.5 Å². The first-order valence-electron chi connectivity index (χ1n) is 8.02. The minimum absolute atomic E-state index is 0.0209. The third-order valence-corrected chi connectivity index (χ3v) is 7.07.